The summed E-state index contributed by atoms with van der Waals surface area (Å²) in [4.78, 5) is 58.6. The standard InChI is InChI=1S/C36H46N4O12S2/c1-7-11-17-51-53(45,46)25-19-21(13-15-23(25)49-5)29-27-31(35(43)37(9-3)33(27)41)40-30(28-32(39(29)40)36(44)38(10-4)34(28)42)22-14-16-24(50-6)26(20-22)54(47,48)52-18-12-8-2/h13-16,19-20,27-32H,7-12,17-18H2,1-6H3. The third-order valence-electron chi connectivity index (χ3n) is 10.6. The second kappa shape index (κ2) is 15.3. The van der Waals surface area contributed by atoms with Gasteiger partial charge in [0.05, 0.1) is 51.4 Å². The Bertz CT molecular complexity index is 1910. The summed E-state index contributed by atoms with van der Waals surface area (Å²) in [6.45, 7) is 7.01. The number of hydrogen-bond acceptors (Lipinski definition) is 14. The highest BCUT2D eigenvalue weighted by Crippen LogP contribution is 2.59. The molecule has 294 valence electrons. The molecular formula is C36H46N4O12S2. The normalized spacial score (nSPS) is 25.8. The Morgan fingerprint density at radius 2 is 0.926 bits per heavy atom. The van der Waals surface area contributed by atoms with Gasteiger partial charge in [0.1, 0.15) is 33.4 Å². The molecule has 4 aliphatic heterocycles. The number of carbonyl (C=O) groups excluding carboxylic acids is 4. The summed E-state index contributed by atoms with van der Waals surface area (Å²) < 4.78 is 75.6. The van der Waals surface area contributed by atoms with Gasteiger partial charge in [0.25, 0.3) is 0 Å². The van der Waals surface area contributed by atoms with E-state index in [-0.39, 0.29) is 58.7 Å². The molecule has 54 heavy (non-hydrogen) atoms. The van der Waals surface area contributed by atoms with Crippen molar-refractivity contribution >= 4 is 43.9 Å². The van der Waals surface area contributed by atoms with Gasteiger partial charge in [-0.15, -0.1) is 0 Å². The number of amides is 4. The van der Waals surface area contributed by atoms with Gasteiger partial charge in [0, 0.05) is 13.1 Å². The first-order chi connectivity index (χ1) is 25.7. The lowest BCUT2D eigenvalue weighted by molar-refractivity contribution is -0.152. The van der Waals surface area contributed by atoms with Crippen molar-refractivity contribution in [1.82, 2.24) is 19.8 Å². The van der Waals surface area contributed by atoms with Gasteiger partial charge in [-0.05, 0) is 62.1 Å². The van der Waals surface area contributed by atoms with Gasteiger partial charge in [0.15, 0.2) is 0 Å². The van der Waals surface area contributed by atoms with Crippen molar-refractivity contribution in [3.05, 3.63) is 47.5 Å². The fourth-order valence-electron chi connectivity index (χ4n) is 8.14. The monoisotopic (exact) mass is 790 g/mol. The number of carbonyl (C=O) groups is 4. The van der Waals surface area contributed by atoms with E-state index in [9.17, 15) is 36.0 Å². The van der Waals surface area contributed by atoms with E-state index in [2.05, 4.69) is 0 Å². The Morgan fingerprint density at radius 3 is 1.24 bits per heavy atom. The van der Waals surface area contributed by atoms with Crippen LogP contribution >= 0.6 is 0 Å². The highest BCUT2D eigenvalue weighted by atomic mass is 32.2. The fraction of sp³-hybridized carbons (Fsp3) is 0.556. The van der Waals surface area contributed by atoms with E-state index in [1.165, 1.54) is 38.5 Å². The molecule has 0 aromatic heterocycles. The molecule has 0 radical (unpaired) electrons. The van der Waals surface area contributed by atoms with Crippen molar-refractivity contribution in [2.45, 2.75) is 87.3 Å². The first-order valence-electron chi connectivity index (χ1n) is 18.2. The van der Waals surface area contributed by atoms with Crippen LogP contribution in [0.3, 0.4) is 0 Å². The first-order valence-corrected chi connectivity index (χ1v) is 21.0. The molecule has 4 saturated heterocycles. The molecule has 6 unspecified atom stereocenters. The molecule has 2 aromatic carbocycles. The van der Waals surface area contributed by atoms with Gasteiger partial charge in [-0.2, -0.15) is 16.8 Å². The minimum Gasteiger partial charge on any atom is -0.495 e. The van der Waals surface area contributed by atoms with Crippen molar-refractivity contribution in [3.8, 4) is 11.5 Å². The van der Waals surface area contributed by atoms with E-state index in [1.54, 1.807) is 36.0 Å². The molecule has 0 spiro atoms. The van der Waals surface area contributed by atoms with E-state index in [4.69, 9.17) is 17.8 Å². The third kappa shape index (κ3) is 6.29. The molecule has 16 nitrogen and oxygen atoms in total. The number of methoxy groups -OCH3 is 2. The number of nitrogens with zero attached hydrogens (tertiary/aromatic N) is 4. The number of imide groups is 2. The Morgan fingerprint density at radius 1 is 0.556 bits per heavy atom. The third-order valence-corrected chi connectivity index (χ3v) is 13.3. The maximum absolute atomic E-state index is 14.3. The van der Waals surface area contributed by atoms with Crippen LogP contribution in [-0.2, 0) is 47.8 Å². The molecule has 0 saturated carbocycles. The number of hydrogen-bond donors (Lipinski definition) is 0. The van der Waals surface area contributed by atoms with Crippen molar-refractivity contribution < 1.29 is 53.9 Å². The lowest BCUT2D eigenvalue weighted by Crippen LogP contribution is -2.50. The summed E-state index contributed by atoms with van der Waals surface area (Å²) in [6, 6.07) is 3.96. The van der Waals surface area contributed by atoms with Crippen molar-refractivity contribution in [2.75, 3.05) is 40.5 Å². The quantitative estimate of drug-likeness (QED) is 0.137. The van der Waals surface area contributed by atoms with Crippen LogP contribution in [-0.4, -0.2) is 113 Å². The fourth-order valence-corrected chi connectivity index (χ4v) is 10.4. The van der Waals surface area contributed by atoms with E-state index in [0.29, 0.717) is 25.7 Å². The number of rotatable bonds is 16. The molecular weight excluding hydrogens is 745 g/mol. The van der Waals surface area contributed by atoms with Gasteiger partial charge in [-0.1, -0.05) is 38.8 Å². The van der Waals surface area contributed by atoms with E-state index in [0.717, 1.165) is 9.80 Å². The Kier molecular flexibility index (Phi) is 11.3. The van der Waals surface area contributed by atoms with E-state index < -0.39 is 79.9 Å². The minimum atomic E-state index is -4.38. The summed E-state index contributed by atoms with van der Waals surface area (Å²) in [5, 5.41) is 3.13. The molecule has 4 heterocycles. The zero-order valence-electron chi connectivity index (χ0n) is 31.1. The highest BCUT2D eigenvalue weighted by Gasteiger charge is 2.73. The summed E-state index contributed by atoms with van der Waals surface area (Å²) in [6.07, 6.45) is 2.33. The zero-order valence-corrected chi connectivity index (χ0v) is 32.7. The molecule has 0 N–H and O–H groups in total. The van der Waals surface area contributed by atoms with Crippen molar-refractivity contribution in [2.24, 2.45) is 11.8 Å². The number of ether oxygens (including phenoxy) is 2. The van der Waals surface area contributed by atoms with Gasteiger partial charge in [-0.25, -0.2) is 10.0 Å². The number of benzene rings is 2. The molecule has 0 bridgehead atoms. The molecule has 0 aliphatic carbocycles. The second-order valence-electron chi connectivity index (χ2n) is 13.5. The van der Waals surface area contributed by atoms with Gasteiger partial charge in [0.2, 0.25) is 23.6 Å². The van der Waals surface area contributed by atoms with Crippen LogP contribution in [0.25, 0.3) is 0 Å². The molecule has 18 heteroatoms. The second-order valence-corrected chi connectivity index (χ2v) is 16.7. The highest BCUT2D eigenvalue weighted by molar-refractivity contribution is 7.87. The number of fused-ring (bicyclic) bond motifs is 5. The largest absolute Gasteiger partial charge is 0.495 e. The van der Waals surface area contributed by atoms with Crippen LogP contribution in [0.15, 0.2) is 46.2 Å². The number of hydrazine groups is 1. The zero-order chi connectivity index (χ0) is 39.3. The number of likely N-dealkylation sites (tertiary alicyclic amines) is 2. The topological polar surface area (TPSA) is 186 Å². The lowest BCUT2D eigenvalue weighted by Gasteiger charge is -2.35. The Labute approximate surface area is 315 Å². The molecule has 4 aliphatic rings. The molecule has 6 rings (SSSR count). The van der Waals surface area contributed by atoms with E-state index >= 15 is 0 Å². The van der Waals surface area contributed by atoms with Gasteiger partial charge < -0.3 is 9.47 Å². The van der Waals surface area contributed by atoms with Crippen LogP contribution < -0.4 is 9.47 Å². The van der Waals surface area contributed by atoms with E-state index in [1.807, 2.05) is 13.8 Å². The summed E-state index contributed by atoms with van der Waals surface area (Å²) in [7, 11) is -6.14. The van der Waals surface area contributed by atoms with Crippen LogP contribution in [0, 0.1) is 11.8 Å². The summed E-state index contributed by atoms with van der Waals surface area (Å²) >= 11 is 0. The average Bonchev–Trinajstić information content (AvgIpc) is 3.82. The molecule has 2 aromatic rings. The van der Waals surface area contributed by atoms with Gasteiger partial charge >= 0.3 is 20.2 Å². The van der Waals surface area contributed by atoms with Crippen LogP contribution in [0.1, 0.15) is 76.6 Å². The Hall–Kier alpha value is -3.94. The number of likely N-dealkylation sites (N-methyl/N-ethyl adjacent to an activating group) is 2. The maximum atomic E-state index is 14.3. The first kappa shape index (κ1) is 39.7. The van der Waals surface area contributed by atoms with Crippen molar-refractivity contribution in [3.63, 3.8) is 0 Å². The van der Waals surface area contributed by atoms with Crippen LogP contribution in [0.5, 0.6) is 11.5 Å². The molecule has 4 fully saturated rings. The summed E-state index contributed by atoms with van der Waals surface area (Å²) in [5.41, 5.74) is 0.531. The average molecular weight is 791 g/mol. The Balaban J connectivity index is 1.57. The number of unbranched alkanes of at least 4 members (excludes halogenated alkanes) is 2. The minimum absolute atomic E-state index is 0.0137. The molecule has 4 amide bonds. The van der Waals surface area contributed by atoms with Crippen LogP contribution in [0.2, 0.25) is 0 Å². The predicted octanol–water partition coefficient (Wildman–Crippen LogP) is 2.79. The smallest absolute Gasteiger partial charge is 0.300 e. The van der Waals surface area contributed by atoms with Gasteiger partial charge in [-0.3, -0.25) is 37.3 Å². The van der Waals surface area contributed by atoms with Crippen LogP contribution in [0.4, 0.5) is 0 Å². The summed E-state index contributed by atoms with van der Waals surface area (Å²) in [5.74, 6) is -4.50. The van der Waals surface area contributed by atoms with Crippen molar-refractivity contribution in [1.29, 1.82) is 0 Å². The molecule has 6 atom stereocenters. The lowest BCUT2D eigenvalue weighted by atomic mass is 9.84. The maximum Gasteiger partial charge on any atom is 0.300 e. The SMILES string of the molecule is CCCCOS(=O)(=O)c1cc(C2C3C(=O)N(CC)C(=O)C3N3C(c4ccc(OC)c(S(=O)(=O)OCCCC)c4)C4C(=O)N(CC)C(=O)C4N23)ccc1OC. The predicted molar refractivity (Wildman–Crippen MR) is 191 cm³/mol.